The minimum absolute atomic E-state index is 0.0602. The lowest BCUT2D eigenvalue weighted by Gasteiger charge is -2.27. The molecule has 78 valence electrons. The van der Waals surface area contributed by atoms with Crippen molar-refractivity contribution in [3.05, 3.63) is 0 Å². The van der Waals surface area contributed by atoms with Crippen LogP contribution >= 0.6 is 0 Å². The minimum atomic E-state index is 0.0602. The van der Waals surface area contributed by atoms with Gasteiger partial charge in [0.2, 0.25) is 5.91 Å². The van der Waals surface area contributed by atoms with Crippen LogP contribution in [-0.4, -0.2) is 37.0 Å². The second kappa shape index (κ2) is 6.89. The van der Waals surface area contributed by atoms with Gasteiger partial charge in [0.05, 0.1) is 6.04 Å². The second-order valence-corrected chi connectivity index (χ2v) is 3.14. The van der Waals surface area contributed by atoms with E-state index in [1.165, 1.54) is 0 Å². The molecule has 0 aliphatic carbocycles. The summed E-state index contributed by atoms with van der Waals surface area (Å²) in [6.07, 6.45) is 2.00. The Morgan fingerprint density at radius 3 is 2.15 bits per heavy atom. The van der Waals surface area contributed by atoms with E-state index in [1.807, 2.05) is 0 Å². The molecule has 0 aliphatic heterocycles. The molecule has 3 heteroatoms. The van der Waals surface area contributed by atoms with Crippen molar-refractivity contribution < 1.29 is 4.79 Å². The van der Waals surface area contributed by atoms with Crippen molar-refractivity contribution in [1.29, 1.82) is 0 Å². The number of nitrogens with one attached hydrogen (secondary N) is 1. The van der Waals surface area contributed by atoms with E-state index in [-0.39, 0.29) is 11.9 Å². The standard InChI is InChI=1S/C10H22N2O/c1-5-8-9(10(13)11-4)12(6-2)7-3/h9H,5-8H2,1-4H3,(H,11,13). The molecule has 1 atom stereocenters. The van der Waals surface area contributed by atoms with E-state index in [0.29, 0.717) is 0 Å². The number of rotatable bonds is 6. The zero-order valence-corrected chi connectivity index (χ0v) is 9.26. The van der Waals surface area contributed by atoms with Crippen molar-refractivity contribution in [2.75, 3.05) is 20.1 Å². The van der Waals surface area contributed by atoms with Gasteiger partial charge in [0.1, 0.15) is 0 Å². The lowest BCUT2D eigenvalue weighted by molar-refractivity contribution is -0.126. The maximum atomic E-state index is 11.5. The lowest BCUT2D eigenvalue weighted by atomic mass is 10.1. The van der Waals surface area contributed by atoms with Crippen molar-refractivity contribution in [3.63, 3.8) is 0 Å². The first-order valence-electron chi connectivity index (χ1n) is 5.16. The number of likely N-dealkylation sites (N-methyl/N-ethyl adjacent to an activating group) is 2. The van der Waals surface area contributed by atoms with Crippen LogP contribution in [0.3, 0.4) is 0 Å². The molecular formula is C10H22N2O. The first kappa shape index (κ1) is 12.4. The first-order valence-corrected chi connectivity index (χ1v) is 5.16. The molecule has 0 aromatic carbocycles. The topological polar surface area (TPSA) is 32.3 Å². The van der Waals surface area contributed by atoms with Gasteiger partial charge in [-0.2, -0.15) is 0 Å². The van der Waals surface area contributed by atoms with Crippen LogP contribution in [-0.2, 0) is 4.79 Å². The molecule has 0 rings (SSSR count). The third kappa shape index (κ3) is 3.77. The maximum Gasteiger partial charge on any atom is 0.237 e. The highest BCUT2D eigenvalue weighted by atomic mass is 16.2. The highest BCUT2D eigenvalue weighted by molar-refractivity contribution is 5.81. The summed E-state index contributed by atoms with van der Waals surface area (Å²) in [5.74, 6) is 0.144. The van der Waals surface area contributed by atoms with Crippen LogP contribution in [0, 0.1) is 0 Å². The van der Waals surface area contributed by atoms with Gasteiger partial charge in [-0.15, -0.1) is 0 Å². The molecule has 0 bridgehead atoms. The fraction of sp³-hybridized carbons (Fsp3) is 0.900. The zero-order chi connectivity index (χ0) is 10.3. The Labute approximate surface area is 81.5 Å². The van der Waals surface area contributed by atoms with Crippen LogP contribution in [0.25, 0.3) is 0 Å². The number of nitrogens with zero attached hydrogens (tertiary/aromatic N) is 1. The van der Waals surface area contributed by atoms with Gasteiger partial charge in [-0.25, -0.2) is 0 Å². The highest BCUT2D eigenvalue weighted by Gasteiger charge is 2.21. The summed E-state index contributed by atoms with van der Waals surface area (Å²) in [5, 5.41) is 2.72. The average Bonchev–Trinajstić information content (AvgIpc) is 2.17. The Kier molecular flexibility index (Phi) is 6.59. The quantitative estimate of drug-likeness (QED) is 0.677. The van der Waals surface area contributed by atoms with Crippen LogP contribution in [0.4, 0.5) is 0 Å². The summed E-state index contributed by atoms with van der Waals surface area (Å²) >= 11 is 0. The van der Waals surface area contributed by atoms with Crippen molar-refractivity contribution in [2.45, 2.75) is 39.7 Å². The fourth-order valence-electron chi connectivity index (χ4n) is 1.58. The van der Waals surface area contributed by atoms with Crippen molar-refractivity contribution in [1.82, 2.24) is 10.2 Å². The molecule has 3 nitrogen and oxygen atoms in total. The fourth-order valence-corrected chi connectivity index (χ4v) is 1.58. The average molecular weight is 186 g/mol. The number of carbonyl (C=O) groups is 1. The molecule has 0 saturated carbocycles. The Bertz CT molecular complexity index is 144. The zero-order valence-electron chi connectivity index (χ0n) is 9.26. The van der Waals surface area contributed by atoms with Gasteiger partial charge in [0.15, 0.2) is 0 Å². The molecule has 0 fully saturated rings. The van der Waals surface area contributed by atoms with Gasteiger partial charge in [-0.3, -0.25) is 9.69 Å². The van der Waals surface area contributed by atoms with E-state index in [1.54, 1.807) is 7.05 Å². The second-order valence-electron chi connectivity index (χ2n) is 3.14. The molecule has 0 aromatic rings. The van der Waals surface area contributed by atoms with Crippen molar-refractivity contribution >= 4 is 5.91 Å². The molecule has 1 amide bonds. The largest absolute Gasteiger partial charge is 0.358 e. The molecule has 13 heavy (non-hydrogen) atoms. The Morgan fingerprint density at radius 2 is 1.85 bits per heavy atom. The van der Waals surface area contributed by atoms with E-state index in [0.717, 1.165) is 25.9 Å². The summed E-state index contributed by atoms with van der Waals surface area (Å²) in [6.45, 7) is 8.17. The normalized spacial score (nSPS) is 13.0. The van der Waals surface area contributed by atoms with E-state index in [2.05, 4.69) is 31.0 Å². The Balaban J connectivity index is 4.28. The molecule has 0 radical (unpaired) electrons. The van der Waals surface area contributed by atoms with Crippen LogP contribution in [0.1, 0.15) is 33.6 Å². The summed E-state index contributed by atoms with van der Waals surface area (Å²) < 4.78 is 0. The van der Waals surface area contributed by atoms with Gasteiger partial charge in [0, 0.05) is 7.05 Å². The molecule has 1 N–H and O–H groups in total. The van der Waals surface area contributed by atoms with Crippen molar-refractivity contribution in [3.8, 4) is 0 Å². The number of hydrogen-bond donors (Lipinski definition) is 1. The maximum absolute atomic E-state index is 11.5. The predicted octanol–water partition coefficient (Wildman–Crippen LogP) is 1.24. The number of amides is 1. The SMILES string of the molecule is CCCC(C(=O)NC)N(CC)CC. The highest BCUT2D eigenvalue weighted by Crippen LogP contribution is 2.06. The van der Waals surface area contributed by atoms with E-state index < -0.39 is 0 Å². The lowest BCUT2D eigenvalue weighted by Crippen LogP contribution is -2.45. The summed E-state index contributed by atoms with van der Waals surface area (Å²) in [4.78, 5) is 13.7. The third-order valence-corrected chi connectivity index (χ3v) is 2.36. The first-order chi connectivity index (χ1) is 6.21. The Morgan fingerprint density at radius 1 is 1.31 bits per heavy atom. The van der Waals surface area contributed by atoms with Crippen LogP contribution in [0.2, 0.25) is 0 Å². The molecular weight excluding hydrogens is 164 g/mol. The van der Waals surface area contributed by atoms with Crippen LogP contribution in [0.15, 0.2) is 0 Å². The van der Waals surface area contributed by atoms with Gasteiger partial charge < -0.3 is 5.32 Å². The predicted molar refractivity (Wildman–Crippen MR) is 55.7 cm³/mol. The monoisotopic (exact) mass is 186 g/mol. The van der Waals surface area contributed by atoms with Crippen LogP contribution < -0.4 is 5.32 Å². The van der Waals surface area contributed by atoms with Gasteiger partial charge >= 0.3 is 0 Å². The van der Waals surface area contributed by atoms with E-state index in [9.17, 15) is 4.79 Å². The summed E-state index contributed by atoms with van der Waals surface area (Å²) in [7, 11) is 1.70. The van der Waals surface area contributed by atoms with Gasteiger partial charge in [0.25, 0.3) is 0 Å². The molecule has 0 aliphatic rings. The third-order valence-electron chi connectivity index (χ3n) is 2.36. The Hall–Kier alpha value is -0.570. The molecule has 0 spiro atoms. The van der Waals surface area contributed by atoms with E-state index >= 15 is 0 Å². The van der Waals surface area contributed by atoms with E-state index in [4.69, 9.17) is 0 Å². The molecule has 0 heterocycles. The smallest absolute Gasteiger partial charge is 0.237 e. The number of carbonyl (C=O) groups excluding carboxylic acids is 1. The van der Waals surface area contributed by atoms with Crippen LogP contribution in [0.5, 0.6) is 0 Å². The molecule has 1 unspecified atom stereocenters. The van der Waals surface area contributed by atoms with Gasteiger partial charge in [-0.05, 0) is 19.5 Å². The molecule has 0 aromatic heterocycles. The van der Waals surface area contributed by atoms with Gasteiger partial charge in [-0.1, -0.05) is 27.2 Å². The molecule has 0 saturated heterocycles. The minimum Gasteiger partial charge on any atom is -0.358 e. The number of hydrogen-bond acceptors (Lipinski definition) is 2. The van der Waals surface area contributed by atoms with Crippen molar-refractivity contribution in [2.24, 2.45) is 0 Å². The summed E-state index contributed by atoms with van der Waals surface area (Å²) in [6, 6.07) is 0.0602. The summed E-state index contributed by atoms with van der Waals surface area (Å²) in [5.41, 5.74) is 0.